The maximum atomic E-state index is 6.38. The summed E-state index contributed by atoms with van der Waals surface area (Å²) in [6, 6.07) is 6.43. The molecule has 1 aromatic carbocycles. The van der Waals surface area contributed by atoms with Crippen LogP contribution in [-0.4, -0.2) is 16.3 Å². The van der Waals surface area contributed by atoms with E-state index in [-0.39, 0.29) is 6.04 Å². The fourth-order valence-corrected chi connectivity index (χ4v) is 3.98. The molecule has 1 N–H and O–H groups in total. The van der Waals surface area contributed by atoms with Crippen molar-refractivity contribution in [1.82, 2.24) is 15.1 Å². The summed E-state index contributed by atoms with van der Waals surface area (Å²) in [5.74, 6) is 0. The molecule has 1 heterocycles. The fourth-order valence-electron chi connectivity index (χ4n) is 2.42. The summed E-state index contributed by atoms with van der Waals surface area (Å²) in [5.41, 5.74) is 3.14. The van der Waals surface area contributed by atoms with E-state index in [0.717, 1.165) is 38.3 Å². The molecular weight excluding hydrogens is 417 g/mol. The molecule has 1 aromatic heterocycles. The Labute approximate surface area is 147 Å². The van der Waals surface area contributed by atoms with Crippen molar-refractivity contribution < 1.29 is 0 Å². The van der Waals surface area contributed by atoms with Crippen molar-refractivity contribution in [2.45, 2.75) is 26.3 Å². The van der Waals surface area contributed by atoms with E-state index in [1.165, 1.54) is 5.56 Å². The lowest BCUT2D eigenvalue weighted by atomic mass is 10.0. The van der Waals surface area contributed by atoms with Crippen molar-refractivity contribution in [3.05, 3.63) is 49.1 Å². The van der Waals surface area contributed by atoms with Gasteiger partial charge in [-0.05, 0) is 31.2 Å². The molecule has 0 aliphatic carbocycles. The van der Waals surface area contributed by atoms with Crippen LogP contribution in [0.15, 0.2) is 27.1 Å². The Morgan fingerprint density at radius 1 is 1.38 bits per heavy atom. The Morgan fingerprint density at radius 2 is 2.10 bits per heavy atom. The molecule has 0 saturated heterocycles. The van der Waals surface area contributed by atoms with Crippen LogP contribution in [0.5, 0.6) is 0 Å². The van der Waals surface area contributed by atoms with Crippen LogP contribution >= 0.6 is 43.5 Å². The monoisotopic (exact) mass is 433 g/mol. The van der Waals surface area contributed by atoms with Crippen LogP contribution in [0.4, 0.5) is 0 Å². The lowest BCUT2D eigenvalue weighted by Gasteiger charge is -2.20. The first-order valence-electron chi connectivity index (χ1n) is 6.80. The minimum atomic E-state index is 0.185. The van der Waals surface area contributed by atoms with Crippen molar-refractivity contribution in [2.24, 2.45) is 7.05 Å². The highest BCUT2D eigenvalue weighted by molar-refractivity contribution is 9.11. The quantitative estimate of drug-likeness (QED) is 0.731. The number of hydrogen-bond acceptors (Lipinski definition) is 2. The second kappa shape index (κ2) is 7.27. The molecule has 0 aliphatic heterocycles. The van der Waals surface area contributed by atoms with Gasteiger partial charge >= 0.3 is 0 Å². The van der Waals surface area contributed by atoms with Crippen molar-refractivity contribution in [3.63, 3.8) is 0 Å². The molecule has 1 atom stereocenters. The van der Waals surface area contributed by atoms with Crippen LogP contribution < -0.4 is 5.32 Å². The van der Waals surface area contributed by atoms with Gasteiger partial charge in [0, 0.05) is 28.5 Å². The summed E-state index contributed by atoms with van der Waals surface area (Å²) in [5, 5.41) is 8.68. The normalized spacial score (nSPS) is 12.7. The van der Waals surface area contributed by atoms with Crippen molar-refractivity contribution >= 4 is 43.5 Å². The summed E-state index contributed by atoms with van der Waals surface area (Å²) >= 11 is 13.5. The van der Waals surface area contributed by atoms with Crippen LogP contribution in [0.25, 0.3) is 0 Å². The Balaban J connectivity index is 2.35. The number of likely N-dealkylation sites (N-methyl/N-ethyl adjacent to an activating group) is 1. The first-order chi connectivity index (χ1) is 9.93. The van der Waals surface area contributed by atoms with Gasteiger partial charge in [0.15, 0.2) is 0 Å². The molecule has 0 amide bonds. The molecule has 21 heavy (non-hydrogen) atoms. The number of aryl methyl sites for hydroxylation is 2. The molecule has 6 heteroatoms. The van der Waals surface area contributed by atoms with Gasteiger partial charge in [-0.1, -0.05) is 56.5 Å². The predicted molar refractivity (Wildman–Crippen MR) is 94.9 cm³/mol. The fraction of sp³-hybridized carbons (Fsp3) is 0.400. The van der Waals surface area contributed by atoms with Gasteiger partial charge < -0.3 is 5.32 Å². The SMILES string of the molecule is CCNC(Cc1c(Cl)c(C)nn1C)c1ccc(Br)cc1Br. The largest absolute Gasteiger partial charge is 0.310 e. The molecule has 0 saturated carbocycles. The van der Waals surface area contributed by atoms with E-state index < -0.39 is 0 Å². The maximum absolute atomic E-state index is 6.38. The maximum Gasteiger partial charge on any atom is 0.0847 e. The number of benzene rings is 1. The highest BCUT2D eigenvalue weighted by atomic mass is 79.9. The van der Waals surface area contributed by atoms with E-state index >= 15 is 0 Å². The lowest BCUT2D eigenvalue weighted by molar-refractivity contribution is 0.527. The number of hydrogen-bond donors (Lipinski definition) is 1. The zero-order valence-electron chi connectivity index (χ0n) is 12.3. The molecule has 1 unspecified atom stereocenters. The average Bonchev–Trinajstić information content (AvgIpc) is 2.65. The number of rotatable bonds is 5. The molecular formula is C15H18Br2ClN3. The Hall–Kier alpha value is -0.360. The highest BCUT2D eigenvalue weighted by Gasteiger charge is 2.19. The summed E-state index contributed by atoms with van der Waals surface area (Å²) in [7, 11) is 1.94. The van der Waals surface area contributed by atoms with E-state index in [0.29, 0.717) is 0 Å². The van der Waals surface area contributed by atoms with E-state index in [1.807, 2.05) is 18.7 Å². The first kappa shape index (κ1) is 17.0. The highest BCUT2D eigenvalue weighted by Crippen LogP contribution is 2.31. The Kier molecular flexibility index (Phi) is 5.88. The zero-order valence-corrected chi connectivity index (χ0v) is 16.2. The van der Waals surface area contributed by atoms with Crippen LogP contribution in [0, 0.1) is 6.92 Å². The van der Waals surface area contributed by atoms with E-state index in [2.05, 4.69) is 67.4 Å². The minimum absolute atomic E-state index is 0.185. The molecule has 3 nitrogen and oxygen atoms in total. The van der Waals surface area contributed by atoms with Crippen molar-refractivity contribution in [3.8, 4) is 0 Å². The summed E-state index contributed by atoms with van der Waals surface area (Å²) in [6.45, 7) is 4.93. The van der Waals surface area contributed by atoms with Crippen molar-refractivity contribution in [1.29, 1.82) is 0 Å². The molecule has 2 rings (SSSR count). The summed E-state index contributed by atoms with van der Waals surface area (Å²) in [6.07, 6.45) is 0.796. The number of halogens is 3. The third-order valence-corrected chi connectivity index (χ3v) is 5.12. The second-order valence-corrected chi connectivity index (χ2v) is 7.10. The van der Waals surface area contributed by atoms with Gasteiger partial charge in [0.1, 0.15) is 0 Å². The number of nitrogens with one attached hydrogen (secondary N) is 1. The van der Waals surface area contributed by atoms with Crippen LogP contribution in [0.2, 0.25) is 5.02 Å². The van der Waals surface area contributed by atoms with Gasteiger partial charge in [-0.2, -0.15) is 5.10 Å². The van der Waals surface area contributed by atoms with E-state index in [9.17, 15) is 0 Å². The topological polar surface area (TPSA) is 29.9 Å². The number of nitrogens with zero attached hydrogens (tertiary/aromatic N) is 2. The molecule has 114 valence electrons. The lowest BCUT2D eigenvalue weighted by Crippen LogP contribution is -2.24. The number of aromatic nitrogens is 2. The third kappa shape index (κ3) is 3.89. The third-order valence-electron chi connectivity index (χ3n) is 3.45. The molecule has 0 bridgehead atoms. The zero-order chi connectivity index (χ0) is 15.6. The predicted octanol–water partition coefficient (Wildman–Crippen LogP) is 4.80. The Morgan fingerprint density at radius 3 is 2.62 bits per heavy atom. The Bertz CT molecular complexity index is 640. The van der Waals surface area contributed by atoms with E-state index in [1.54, 1.807) is 0 Å². The van der Waals surface area contributed by atoms with E-state index in [4.69, 9.17) is 11.6 Å². The molecule has 0 spiro atoms. The van der Waals surface area contributed by atoms with Crippen LogP contribution in [-0.2, 0) is 13.5 Å². The van der Waals surface area contributed by atoms with Crippen molar-refractivity contribution in [2.75, 3.05) is 6.54 Å². The van der Waals surface area contributed by atoms with Gasteiger partial charge in [0.25, 0.3) is 0 Å². The van der Waals surface area contributed by atoms with Crippen LogP contribution in [0.3, 0.4) is 0 Å². The van der Waals surface area contributed by atoms with Gasteiger partial charge in [0.05, 0.1) is 16.4 Å². The summed E-state index contributed by atoms with van der Waals surface area (Å²) in [4.78, 5) is 0. The van der Waals surface area contributed by atoms with Crippen LogP contribution in [0.1, 0.15) is 29.9 Å². The van der Waals surface area contributed by atoms with Gasteiger partial charge in [-0.15, -0.1) is 0 Å². The standard InChI is InChI=1S/C15H18Br2ClN3/c1-4-19-13(11-6-5-10(16)7-12(11)17)8-14-15(18)9(2)20-21(14)3/h5-7,13,19H,4,8H2,1-3H3. The minimum Gasteiger partial charge on any atom is -0.310 e. The first-order valence-corrected chi connectivity index (χ1v) is 8.76. The second-order valence-electron chi connectivity index (χ2n) is 4.95. The molecule has 0 radical (unpaired) electrons. The summed E-state index contributed by atoms with van der Waals surface area (Å²) < 4.78 is 4.01. The molecule has 2 aromatic rings. The molecule has 0 aliphatic rings. The van der Waals surface area contributed by atoms with Gasteiger partial charge in [-0.3, -0.25) is 4.68 Å². The smallest absolute Gasteiger partial charge is 0.0847 e. The molecule has 0 fully saturated rings. The van der Waals surface area contributed by atoms with Gasteiger partial charge in [-0.25, -0.2) is 0 Å². The van der Waals surface area contributed by atoms with Gasteiger partial charge in [0.2, 0.25) is 0 Å². The average molecular weight is 436 g/mol.